The lowest BCUT2D eigenvalue weighted by atomic mass is 10.1. The molecular formula is C10H17N3O3. The Morgan fingerprint density at radius 3 is 2.75 bits per heavy atom. The Kier molecular flexibility index (Phi) is 4.42. The molecule has 0 saturated carbocycles. The van der Waals surface area contributed by atoms with Crippen LogP contribution in [0.1, 0.15) is 36.5 Å². The van der Waals surface area contributed by atoms with Crippen LogP contribution in [0.5, 0.6) is 0 Å². The summed E-state index contributed by atoms with van der Waals surface area (Å²) in [4.78, 5) is 10.9. The topological polar surface area (TPSA) is 77.2 Å². The number of rotatable bonds is 6. The summed E-state index contributed by atoms with van der Waals surface area (Å²) in [6, 6.07) is 0. The van der Waals surface area contributed by atoms with Gasteiger partial charge in [0.1, 0.15) is 0 Å². The predicted molar refractivity (Wildman–Crippen MR) is 57.1 cm³/mol. The smallest absolute Gasteiger partial charge is 0.358 e. The van der Waals surface area contributed by atoms with Gasteiger partial charge in [-0.25, -0.2) is 9.48 Å². The van der Waals surface area contributed by atoms with Crippen LogP contribution in [0.3, 0.4) is 0 Å². The number of aryl methyl sites for hydroxylation is 1. The van der Waals surface area contributed by atoms with Crippen LogP contribution in [0, 0.1) is 5.92 Å². The molecule has 0 aromatic carbocycles. The summed E-state index contributed by atoms with van der Waals surface area (Å²) in [6.45, 7) is 5.08. The first-order valence-corrected chi connectivity index (χ1v) is 5.20. The van der Waals surface area contributed by atoms with E-state index >= 15 is 0 Å². The van der Waals surface area contributed by atoms with Gasteiger partial charge in [0.25, 0.3) is 0 Å². The van der Waals surface area contributed by atoms with Crippen molar-refractivity contribution in [3.63, 3.8) is 0 Å². The minimum absolute atomic E-state index is 0.0226. The molecule has 16 heavy (non-hydrogen) atoms. The molecule has 1 aromatic heterocycles. The molecule has 0 aliphatic rings. The first-order valence-electron chi connectivity index (χ1n) is 5.20. The van der Waals surface area contributed by atoms with Crippen molar-refractivity contribution in [1.82, 2.24) is 15.0 Å². The summed E-state index contributed by atoms with van der Waals surface area (Å²) in [5.74, 6) is -0.532. The summed E-state index contributed by atoms with van der Waals surface area (Å²) in [7, 11) is 1.52. The molecule has 0 unspecified atom stereocenters. The number of carbonyl (C=O) groups is 1. The largest absolute Gasteiger partial charge is 0.476 e. The molecule has 90 valence electrons. The van der Waals surface area contributed by atoms with Gasteiger partial charge in [-0.1, -0.05) is 19.1 Å². The normalized spacial score (nSPS) is 11.0. The number of nitrogens with zero attached hydrogens (tertiary/aromatic N) is 3. The van der Waals surface area contributed by atoms with Crippen LogP contribution in [0.25, 0.3) is 0 Å². The predicted octanol–water partition coefficient (Wildman–Crippen LogP) is 1.17. The Labute approximate surface area is 94.2 Å². The second-order valence-electron chi connectivity index (χ2n) is 4.03. The van der Waals surface area contributed by atoms with Crippen molar-refractivity contribution in [3.8, 4) is 0 Å². The molecule has 0 amide bonds. The van der Waals surface area contributed by atoms with Crippen molar-refractivity contribution in [2.24, 2.45) is 5.92 Å². The lowest BCUT2D eigenvalue weighted by molar-refractivity contribution is 0.0684. The molecule has 0 spiro atoms. The first-order chi connectivity index (χ1) is 7.56. The Hall–Kier alpha value is -1.43. The van der Waals surface area contributed by atoms with Gasteiger partial charge in [-0.3, -0.25) is 0 Å². The Morgan fingerprint density at radius 2 is 2.25 bits per heavy atom. The number of carboxylic acids is 1. The van der Waals surface area contributed by atoms with E-state index in [0.29, 0.717) is 18.2 Å². The van der Waals surface area contributed by atoms with E-state index in [9.17, 15) is 4.79 Å². The number of aromatic carboxylic acids is 1. The van der Waals surface area contributed by atoms with E-state index in [1.54, 1.807) is 4.68 Å². The third kappa shape index (κ3) is 3.03. The van der Waals surface area contributed by atoms with Crippen LogP contribution in [0.15, 0.2) is 0 Å². The molecule has 0 radical (unpaired) electrons. The Bertz CT molecular complexity index is 360. The minimum Gasteiger partial charge on any atom is -0.476 e. The van der Waals surface area contributed by atoms with Gasteiger partial charge < -0.3 is 9.84 Å². The van der Waals surface area contributed by atoms with Crippen LogP contribution >= 0.6 is 0 Å². The van der Waals surface area contributed by atoms with Crippen LogP contribution in [-0.2, 0) is 17.9 Å². The highest BCUT2D eigenvalue weighted by Gasteiger charge is 2.18. The average Bonchev–Trinajstić information content (AvgIpc) is 2.59. The van der Waals surface area contributed by atoms with Gasteiger partial charge in [-0.05, 0) is 12.3 Å². The first kappa shape index (κ1) is 12.6. The molecule has 1 heterocycles. The summed E-state index contributed by atoms with van der Waals surface area (Å²) in [6.07, 6.45) is 0.930. The van der Waals surface area contributed by atoms with Gasteiger partial charge in [0.15, 0.2) is 5.69 Å². The zero-order valence-electron chi connectivity index (χ0n) is 9.80. The SMILES string of the molecule is COCc1c(C(=O)O)nnn1CCC(C)C. The fourth-order valence-corrected chi connectivity index (χ4v) is 1.34. The van der Waals surface area contributed by atoms with Crippen LogP contribution in [-0.4, -0.2) is 33.2 Å². The Balaban J connectivity index is 2.86. The summed E-state index contributed by atoms with van der Waals surface area (Å²) in [5.41, 5.74) is 0.501. The molecule has 6 heteroatoms. The number of hydrogen-bond donors (Lipinski definition) is 1. The van der Waals surface area contributed by atoms with Crippen LogP contribution in [0.4, 0.5) is 0 Å². The van der Waals surface area contributed by atoms with E-state index in [1.165, 1.54) is 7.11 Å². The van der Waals surface area contributed by atoms with Gasteiger partial charge in [-0.15, -0.1) is 5.10 Å². The lowest BCUT2D eigenvalue weighted by Gasteiger charge is -2.07. The maximum atomic E-state index is 10.9. The molecule has 0 atom stereocenters. The van der Waals surface area contributed by atoms with Gasteiger partial charge >= 0.3 is 5.97 Å². The van der Waals surface area contributed by atoms with Crippen molar-refractivity contribution in [2.75, 3.05) is 7.11 Å². The fourth-order valence-electron chi connectivity index (χ4n) is 1.34. The third-order valence-electron chi connectivity index (χ3n) is 2.24. The molecule has 1 N–H and O–H groups in total. The second kappa shape index (κ2) is 5.60. The van der Waals surface area contributed by atoms with E-state index in [2.05, 4.69) is 24.2 Å². The molecule has 0 aliphatic heterocycles. The highest BCUT2D eigenvalue weighted by Crippen LogP contribution is 2.10. The molecular weight excluding hydrogens is 210 g/mol. The van der Waals surface area contributed by atoms with Crippen molar-refractivity contribution in [2.45, 2.75) is 33.4 Å². The molecule has 0 bridgehead atoms. The van der Waals surface area contributed by atoms with Crippen molar-refractivity contribution < 1.29 is 14.6 Å². The highest BCUT2D eigenvalue weighted by molar-refractivity contribution is 5.86. The number of aromatic nitrogens is 3. The quantitative estimate of drug-likeness (QED) is 0.789. The molecule has 0 fully saturated rings. The van der Waals surface area contributed by atoms with Crippen molar-refractivity contribution in [1.29, 1.82) is 0 Å². The maximum absolute atomic E-state index is 10.9. The van der Waals surface area contributed by atoms with E-state index < -0.39 is 5.97 Å². The van der Waals surface area contributed by atoms with E-state index in [0.717, 1.165) is 6.42 Å². The molecule has 1 rings (SSSR count). The average molecular weight is 227 g/mol. The zero-order valence-corrected chi connectivity index (χ0v) is 9.80. The van der Waals surface area contributed by atoms with Crippen molar-refractivity contribution in [3.05, 3.63) is 11.4 Å². The molecule has 6 nitrogen and oxygen atoms in total. The maximum Gasteiger partial charge on any atom is 0.358 e. The standard InChI is InChI=1S/C10H17N3O3/c1-7(2)4-5-13-8(6-16-3)9(10(14)15)11-12-13/h7H,4-6H2,1-3H3,(H,14,15). The van der Waals surface area contributed by atoms with Gasteiger partial charge in [0.2, 0.25) is 0 Å². The number of hydrogen-bond acceptors (Lipinski definition) is 4. The van der Waals surface area contributed by atoms with E-state index in [4.69, 9.17) is 9.84 Å². The second-order valence-corrected chi connectivity index (χ2v) is 4.03. The van der Waals surface area contributed by atoms with E-state index in [-0.39, 0.29) is 12.3 Å². The van der Waals surface area contributed by atoms with Crippen molar-refractivity contribution >= 4 is 5.97 Å². The number of methoxy groups -OCH3 is 1. The number of carboxylic acid groups (broad SMARTS) is 1. The lowest BCUT2D eigenvalue weighted by Crippen LogP contribution is -2.10. The van der Waals surface area contributed by atoms with Crippen LogP contribution in [0.2, 0.25) is 0 Å². The fraction of sp³-hybridized carbons (Fsp3) is 0.700. The van der Waals surface area contributed by atoms with Gasteiger partial charge in [0.05, 0.1) is 12.3 Å². The van der Waals surface area contributed by atoms with Crippen LogP contribution < -0.4 is 0 Å². The number of ether oxygens (including phenoxy) is 1. The summed E-state index contributed by atoms with van der Waals surface area (Å²) in [5, 5.41) is 16.4. The highest BCUT2D eigenvalue weighted by atomic mass is 16.5. The monoisotopic (exact) mass is 227 g/mol. The molecule has 1 aromatic rings. The molecule has 0 saturated heterocycles. The van der Waals surface area contributed by atoms with E-state index in [1.807, 2.05) is 0 Å². The third-order valence-corrected chi connectivity index (χ3v) is 2.24. The van der Waals surface area contributed by atoms with Gasteiger partial charge in [0, 0.05) is 13.7 Å². The summed E-state index contributed by atoms with van der Waals surface area (Å²) < 4.78 is 6.56. The minimum atomic E-state index is -1.07. The summed E-state index contributed by atoms with van der Waals surface area (Å²) >= 11 is 0. The molecule has 0 aliphatic carbocycles. The zero-order chi connectivity index (χ0) is 12.1. The van der Waals surface area contributed by atoms with Gasteiger partial charge in [-0.2, -0.15) is 0 Å². The Morgan fingerprint density at radius 1 is 1.56 bits per heavy atom.